The summed E-state index contributed by atoms with van der Waals surface area (Å²) in [6.45, 7) is 0.350. The van der Waals surface area contributed by atoms with Crippen LogP contribution in [0.3, 0.4) is 0 Å². The van der Waals surface area contributed by atoms with Crippen molar-refractivity contribution in [3.8, 4) is 6.07 Å². The van der Waals surface area contributed by atoms with E-state index in [9.17, 15) is 0 Å². The van der Waals surface area contributed by atoms with E-state index in [0.717, 1.165) is 5.69 Å². The van der Waals surface area contributed by atoms with Gasteiger partial charge in [0, 0.05) is 0 Å². The zero-order valence-corrected chi connectivity index (χ0v) is 10.2. The molecule has 0 atom stereocenters. The highest BCUT2D eigenvalue weighted by Gasteiger charge is 2.04. The van der Waals surface area contributed by atoms with Crippen LogP contribution in [0.1, 0.15) is 17.1 Å². The van der Waals surface area contributed by atoms with Gasteiger partial charge in [-0.15, -0.1) is 0 Å². The summed E-state index contributed by atoms with van der Waals surface area (Å²) in [4.78, 5) is 0. The standard InChI is InChI=1S/C13H11ClN2O2/c14-12-5-9(6-15)1-4-13(12)16-7-10-2-3-11(8-17)18-10/h1-5,16-17H,7-8H2. The summed E-state index contributed by atoms with van der Waals surface area (Å²) in [5.41, 5.74) is 1.25. The third kappa shape index (κ3) is 2.83. The van der Waals surface area contributed by atoms with Gasteiger partial charge in [0.15, 0.2) is 0 Å². The molecular weight excluding hydrogens is 252 g/mol. The number of aliphatic hydroxyl groups is 1. The van der Waals surface area contributed by atoms with Gasteiger partial charge in [-0.3, -0.25) is 0 Å². The second-order valence-corrected chi connectivity index (χ2v) is 4.09. The Kier molecular flexibility index (Phi) is 3.88. The Hall–Kier alpha value is -1.96. The van der Waals surface area contributed by atoms with Gasteiger partial charge < -0.3 is 14.8 Å². The third-order valence-corrected chi connectivity index (χ3v) is 2.74. The molecule has 0 radical (unpaired) electrons. The maximum absolute atomic E-state index is 8.87. The third-order valence-electron chi connectivity index (χ3n) is 2.42. The van der Waals surface area contributed by atoms with Gasteiger partial charge in [0.25, 0.3) is 0 Å². The number of hydrogen-bond donors (Lipinski definition) is 2. The molecule has 5 heteroatoms. The van der Waals surface area contributed by atoms with Gasteiger partial charge in [-0.1, -0.05) is 11.6 Å². The molecule has 0 saturated heterocycles. The quantitative estimate of drug-likeness (QED) is 0.889. The summed E-state index contributed by atoms with van der Waals surface area (Å²) in [6.07, 6.45) is 0. The number of anilines is 1. The zero-order valence-electron chi connectivity index (χ0n) is 9.48. The number of aliphatic hydroxyl groups excluding tert-OH is 1. The molecule has 1 aromatic carbocycles. The van der Waals surface area contributed by atoms with Gasteiger partial charge in [0.1, 0.15) is 18.1 Å². The van der Waals surface area contributed by atoms with Crippen LogP contribution >= 0.6 is 11.6 Å². The fraction of sp³-hybridized carbons (Fsp3) is 0.154. The van der Waals surface area contributed by atoms with Crippen molar-refractivity contribution in [2.24, 2.45) is 0 Å². The summed E-state index contributed by atoms with van der Waals surface area (Å²) in [5.74, 6) is 1.23. The molecule has 0 unspecified atom stereocenters. The van der Waals surface area contributed by atoms with Gasteiger partial charge in [-0.05, 0) is 30.3 Å². The van der Waals surface area contributed by atoms with Crippen molar-refractivity contribution in [2.45, 2.75) is 13.2 Å². The van der Waals surface area contributed by atoms with Gasteiger partial charge in [0.2, 0.25) is 0 Å². The van der Waals surface area contributed by atoms with Crippen molar-refractivity contribution >= 4 is 17.3 Å². The molecule has 0 spiro atoms. The van der Waals surface area contributed by atoms with Crippen LogP contribution in [0.5, 0.6) is 0 Å². The van der Waals surface area contributed by atoms with Crippen LogP contribution in [-0.2, 0) is 13.2 Å². The molecule has 0 aliphatic carbocycles. The maximum atomic E-state index is 8.87. The topological polar surface area (TPSA) is 69.2 Å². The lowest BCUT2D eigenvalue weighted by atomic mass is 10.2. The van der Waals surface area contributed by atoms with Crippen LogP contribution in [0.25, 0.3) is 0 Å². The van der Waals surface area contributed by atoms with Gasteiger partial charge in [-0.2, -0.15) is 5.26 Å². The van der Waals surface area contributed by atoms with E-state index in [1.54, 1.807) is 30.3 Å². The molecule has 0 amide bonds. The predicted molar refractivity (Wildman–Crippen MR) is 68.1 cm³/mol. The normalized spacial score (nSPS) is 10.1. The minimum absolute atomic E-state index is 0.113. The average Bonchev–Trinajstić information content (AvgIpc) is 2.85. The van der Waals surface area contributed by atoms with Crippen LogP contribution in [-0.4, -0.2) is 5.11 Å². The van der Waals surface area contributed by atoms with Crippen molar-refractivity contribution < 1.29 is 9.52 Å². The van der Waals surface area contributed by atoms with Crippen LogP contribution in [0, 0.1) is 11.3 Å². The first kappa shape index (κ1) is 12.5. The van der Waals surface area contributed by atoms with E-state index in [4.69, 9.17) is 26.4 Å². The minimum atomic E-state index is -0.113. The lowest BCUT2D eigenvalue weighted by molar-refractivity contribution is 0.244. The molecular formula is C13H11ClN2O2. The number of hydrogen-bond acceptors (Lipinski definition) is 4. The summed E-state index contributed by atoms with van der Waals surface area (Å²) < 4.78 is 5.33. The maximum Gasteiger partial charge on any atom is 0.129 e. The Morgan fingerprint density at radius 3 is 2.67 bits per heavy atom. The number of furan rings is 1. The Morgan fingerprint density at radius 1 is 1.28 bits per heavy atom. The molecule has 1 aromatic heterocycles. The Balaban J connectivity index is 2.04. The number of nitrogens with one attached hydrogen (secondary N) is 1. The lowest BCUT2D eigenvalue weighted by Gasteiger charge is -2.06. The van der Waals surface area contributed by atoms with Gasteiger partial charge in [0.05, 0.1) is 28.9 Å². The fourth-order valence-corrected chi connectivity index (χ4v) is 1.76. The molecule has 0 bridgehead atoms. The van der Waals surface area contributed by atoms with E-state index in [-0.39, 0.29) is 6.61 Å². The van der Waals surface area contributed by atoms with E-state index in [1.807, 2.05) is 6.07 Å². The highest BCUT2D eigenvalue weighted by atomic mass is 35.5. The molecule has 4 nitrogen and oxygen atoms in total. The van der Waals surface area contributed by atoms with E-state index in [2.05, 4.69) is 5.32 Å². The zero-order chi connectivity index (χ0) is 13.0. The molecule has 2 N–H and O–H groups in total. The molecule has 2 aromatic rings. The number of benzene rings is 1. The summed E-state index contributed by atoms with van der Waals surface area (Å²) in [7, 11) is 0. The minimum Gasteiger partial charge on any atom is -0.462 e. The van der Waals surface area contributed by atoms with Crippen LogP contribution in [0.2, 0.25) is 5.02 Å². The average molecular weight is 263 g/mol. The summed E-state index contributed by atoms with van der Waals surface area (Å²) in [5, 5.41) is 21.2. The Labute approximate surface area is 109 Å². The van der Waals surface area contributed by atoms with Crippen molar-refractivity contribution in [1.82, 2.24) is 0 Å². The first-order valence-corrected chi connectivity index (χ1v) is 5.72. The predicted octanol–water partition coefficient (Wildman–Crippen LogP) is 2.91. The Bertz CT molecular complexity index is 587. The van der Waals surface area contributed by atoms with Gasteiger partial charge in [-0.25, -0.2) is 0 Å². The molecule has 92 valence electrons. The highest BCUT2D eigenvalue weighted by molar-refractivity contribution is 6.33. The molecule has 0 fully saturated rings. The first-order chi connectivity index (χ1) is 8.72. The summed E-state index contributed by atoms with van der Waals surface area (Å²) in [6, 6.07) is 10.6. The molecule has 18 heavy (non-hydrogen) atoms. The smallest absolute Gasteiger partial charge is 0.129 e. The largest absolute Gasteiger partial charge is 0.462 e. The second kappa shape index (κ2) is 5.58. The van der Waals surface area contributed by atoms with Gasteiger partial charge >= 0.3 is 0 Å². The second-order valence-electron chi connectivity index (χ2n) is 3.69. The van der Waals surface area contributed by atoms with Crippen LogP contribution in [0.15, 0.2) is 34.7 Å². The highest BCUT2D eigenvalue weighted by Crippen LogP contribution is 2.23. The van der Waals surface area contributed by atoms with E-state index in [1.165, 1.54) is 0 Å². The van der Waals surface area contributed by atoms with Crippen molar-refractivity contribution in [3.63, 3.8) is 0 Å². The van der Waals surface area contributed by atoms with Crippen molar-refractivity contribution in [2.75, 3.05) is 5.32 Å². The SMILES string of the molecule is N#Cc1ccc(NCc2ccc(CO)o2)c(Cl)c1. The molecule has 2 rings (SSSR count). The molecule has 0 aliphatic rings. The van der Waals surface area contributed by atoms with E-state index in [0.29, 0.717) is 28.7 Å². The lowest BCUT2D eigenvalue weighted by Crippen LogP contribution is -1.98. The Morgan fingerprint density at radius 2 is 2.06 bits per heavy atom. The number of nitrogens with zero attached hydrogens (tertiary/aromatic N) is 1. The first-order valence-electron chi connectivity index (χ1n) is 5.35. The van der Waals surface area contributed by atoms with Crippen LogP contribution in [0.4, 0.5) is 5.69 Å². The molecule has 1 heterocycles. The number of nitriles is 1. The monoisotopic (exact) mass is 262 g/mol. The van der Waals surface area contributed by atoms with E-state index < -0.39 is 0 Å². The molecule has 0 aliphatic heterocycles. The molecule has 0 saturated carbocycles. The number of halogens is 1. The fourth-order valence-electron chi connectivity index (χ4n) is 1.51. The van der Waals surface area contributed by atoms with Crippen molar-refractivity contribution in [1.29, 1.82) is 5.26 Å². The summed E-state index contributed by atoms with van der Waals surface area (Å²) >= 11 is 6.02. The van der Waals surface area contributed by atoms with Crippen molar-refractivity contribution in [3.05, 3.63) is 52.4 Å². The number of rotatable bonds is 4. The van der Waals surface area contributed by atoms with Crippen LogP contribution < -0.4 is 5.32 Å². The van der Waals surface area contributed by atoms with E-state index >= 15 is 0 Å².